The van der Waals surface area contributed by atoms with Gasteiger partial charge in [0, 0.05) is 24.0 Å². The first-order chi connectivity index (χ1) is 7.92. The monoisotopic (exact) mass is 236 g/mol. The number of fused-ring (bicyclic) bond motifs is 1. The van der Waals surface area contributed by atoms with E-state index in [0.29, 0.717) is 6.54 Å². The average Bonchev–Trinajstić information content (AvgIpc) is 2.62. The van der Waals surface area contributed by atoms with Crippen LogP contribution in [-0.4, -0.2) is 15.6 Å². The fraction of sp³-hybridized carbons (Fsp3) is 0.615. The lowest BCUT2D eigenvalue weighted by atomic mass is 9.91. The molecule has 4 nitrogen and oxygen atoms in total. The third-order valence-electron chi connectivity index (χ3n) is 3.60. The van der Waals surface area contributed by atoms with E-state index in [1.165, 1.54) is 0 Å². The number of aliphatic hydroxyl groups excluding tert-OH is 1. The van der Waals surface area contributed by atoms with E-state index in [2.05, 4.69) is 4.57 Å². The second-order valence-electron chi connectivity index (χ2n) is 5.50. The molecule has 1 aromatic rings. The van der Waals surface area contributed by atoms with Crippen molar-refractivity contribution in [3.63, 3.8) is 0 Å². The van der Waals surface area contributed by atoms with E-state index >= 15 is 0 Å². The Labute approximate surface area is 101 Å². The molecular weight excluding hydrogens is 216 g/mol. The molecule has 94 valence electrons. The van der Waals surface area contributed by atoms with Gasteiger partial charge in [-0.25, -0.2) is 0 Å². The Morgan fingerprint density at radius 2 is 2.35 bits per heavy atom. The van der Waals surface area contributed by atoms with Crippen LogP contribution in [0.4, 0.5) is 0 Å². The molecule has 0 aliphatic heterocycles. The van der Waals surface area contributed by atoms with E-state index in [4.69, 9.17) is 5.73 Å². The molecule has 0 fully saturated rings. The number of carbonyl (C=O) groups is 1. The van der Waals surface area contributed by atoms with Gasteiger partial charge in [0.1, 0.15) is 0 Å². The number of rotatable bonds is 3. The predicted octanol–water partition coefficient (Wildman–Crippen LogP) is 1.37. The number of amides is 1. The molecule has 1 atom stereocenters. The van der Waals surface area contributed by atoms with Crippen LogP contribution in [0.3, 0.4) is 0 Å². The van der Waals surface area contributed by atoms with Crippen molar-refractivity contribution >= 4 is 5.91 Å². The lowest BCUT2D eigenvalue weighted by Crippen LogP contribution is -2.35. The van der Waals surface area contributed by atoms with Crippen LogP contribution in [0.25, 0.3) is 0 Å². The van der Waals surface area contributed by atoms with Crippen LogP contribution in [-0.2, 0) is 17.8 Å². The molecule has 17 heavy (non-hydrogen) atoms. The molecule has 0 saturated carbocycles. The van der Waals surface area contributed by atoms with Crippen LogP contribution in [0.1, 0.15) is 44.1 Å². The molecule has 0 aromatic carbocycles. The first kappa shape index (κ1) is 12.2. The van der Waals surface area contributed by atoms with Crippen molar-refractivity contribution < 1.29 is 9.90 Å². The predicted molar refractivity (Wildman–Crippen MR) is 65.3 cm³/mol. The van der Waals surface area contributed by atoms with Crippen LogP contribution in [0.2, 0.25) is 0 Å². The van der Waals surface area contributed by atoms with Gasteiger partial charge in [0.05, 0.1) is 11.5 Å². The second-order valence-corrected chi connectivity index (χ2v) is 5.50. The molecule has 4 heteroatoms. The molecule has 1 unspecified atom stereocenters. The molecule has 0 spiro atoms. The van der Waals surface area contributed by atoms with Gasteiger partial charge in [-0.2, -0.15) is 0 Å². The summed E-state index contributed by atoms with van der Waals surface area (Å²) in [5.74, 6) is -0.295. The highest BCUT2D eigenvalue weighted by Crippen LogP contribution is 2.31. The number of hydrogen-bond donors (Lipinski definition) is 2. The van der Waals surface area contributed by atoms with E-state index in [-0.39, 0.29) is 12.0 Å². The maximum atomic E-state index is 11.3. The zero-order valence-electron chi connectivity index (χ0n) is 10.4. The Morgan fingerprint density at radius 3 is 3.00 bits per heavy atom. The van der Waals surface area contributed by atoms with Gasteiger partial charge < -0.3 is 15.4 Å². The standard InChI is InChI=1S/C13H20N2O2/c1-13(2,12(14)17)8-15-7-6-9-10(15)4-3-5-11(9)16/h6-7,11,16H,3-5,8H2,1-2H3,(H2,14,17). The summed E-state index contributed by atoms with van der Waals surface area (Å²) in [5.41, 5.74) is 6.99. The SMILES string of the molecule is CC(C)(Cn1ccc2c1CCCC2O)C(N)=O. The van der Waals surface area contributed by atoms with Crippen molar-refractivity contribution in [3.05, 3.63) is 23.5 Å². The van der Waals surface area contributed by atoms with Gasteiger partial charge in [0.15, 0.2) is 0 Å². The van der Waals surface area contributed by atoms with Crippen LogP contribution in [0, 0.1) is 5.41 Å². The molecular formula is C13H20N2O2. The Hall–Kier alpha value is -1.29. The summed E-state index contributed by atoms with van der Waals surface area (Å²) in [6.45, 7) is 4.27. The van der Waals surface area contributed by atoms with Crippen molar-refractivity contribution in [2.24, 2.45) is 11.1 Å². The first-order valence-corrected chi connectivity index (χ1v) is 6.08. The Balaban J connectivity index is 2.26. The number of aromatic nitrogens is 1. The van der Waals surface area contributed by atoms with Crippen molar-refractivity contribution in [1.82, 2.24) is 4.57 Å². The smallest absolute Gasteiger partial charge is 0.224 e. The molecule has 1 aliphatic carbocycles. The summed E-state index contributed by atoms with van der Waals surface area (Å²) < 4.78 is 2.06. The molecule has 0 radical (unpaired) electrons. The van der Waals surface area contributed by atoms with Gasteiger partial charge in [-0.3, -0.25) is 4.79 Å². The van der Waals surface area contributed by atoms with Gasteiger partial charge in [-0.1, -0.05) is 0 Å². The van der Waals surface area contributed by atoms with Gasteiger partial charge >= 0.3 is 0 Å². The number of nitrogens with zero attached hydrogens (tertiary/aromatic N) is 1. The molecule has 2 rings (SSSR count). The quantitative estimate of drug-likeness (QED) is 0.832. The van der Waals surface area contributed by atoms with E-state index < -0.39 is 5.41 Å². The highest BCUT2D eigenvalue weighted by atomic mass is 16.3. The van der Waals surface area contributed by atoms with Gasteiger partial charge in [0.2, 0.25) is 5.91 Å². The fourth-order valence-electron chi connectivity index (χ4n) is 2.38. The zero-order valence-corrected chi connectivity index (χ0v) is 10.4. The molecule has 0 saturated heterocycles. The molecule has 1 aliphatic rings. The number of hydrogen-bond acceptors (Lipinski definition) is 2. The first-order valence-electron chi connectivity index (χ1n) is 6.08. The van der Waals surface area contributed by atoms with Crippen molar-refractivity contribution in [1.29, 1.82) is 0 Å². The minimum atomic E-state index is -0.560. The summed E-state index contributed by atoms with van der Waals surface area (Å²) in [7, 11) is 0. The molecule has 3 N–H and O–H groups in total. The second kappa shape index (κ2) is 4.18. The van der Waals surface area contributed by atoms with Crippen LogP contribution < -0.4 is 5.73 Å². The third kappa shape index (κ3) is 2.22. The lowest BCUT2D eigenvalue weighted by Gasteiger charge is -2.25. The van der Waals surface area contributed by atoms with E-state index in [1.807, 2.05) is 26.1 Å². The Kier molecular flexibility index (Phi) is 3.00. The normalized spacial score (nSPS) is 20.1. The summed E-state index contributed by atoms with van der Waals surface area (Å²) in [4.78, 5) is 11.3. The lowest BCUT2D eigenvalue weighted by molar-refractivity contribution is -0.126. The van der Waals surface area contributed by atoms with Crippen LogP contribution in [0.15, 0.2) is 12.3 Å². The minimum absolute atomic E-state index is 0.295. The molecule has 0 bridgehead atoms. The number of nitrogens with two attached hydrogens (primary N) is 1. The van der Waals surface area contributed by atoms with E-state index in [0.717, 1.165) is 30.5 Å². The van der Waals surface area contributed by atoms with Crippen molar-refractivity contribution in [2.75, 3.05) is 0 Å². The van der Waals surface area contributed by atoms with E-state index in [9.17, 15) is 9.90 Å². The molecule has 1 amide bonds. The van der Waals surface area contributed by atoms with Crippen molar-refractivity contribution in [3.8, 4) is 0 Å². The number of primary amides is 1. The third-order valence-corrected chi connectivity index (χ3v) is 3.60. The number of aliphatic hydroxyl groups is 1. The highest BCUT2D eigenvalue weighted by Gasteiger charge is 2.28. The minimum Gasteiger partial charge on any atom is -0.388 e. The maximum absolute atomic E-state index is 11.3. The highest BCUT2D eigenvalue weighted by molar-refractivity contribution is 5.79. The zero-order chi connectivity index (χ0) is 12.6. The van der Waals surface area contributed by atoms with Crippen molar-refractivity contribution in [2.45, 2.75) is 45.8 Å². The van der Waals surface area contributed by atoms with Gasteiger partial charge in [-0.15, -0.1) is 0 Å². The van der Waals surface area contributed by atoms with Gasteiger partial charge in [-0.05, 0) is 39.2 Å². The largest absolute Gasteiger partial charge is 0.388 e. The Bertz CT molecular complexity index is 435. The average molecular weight is 236 g/mol. The molecule has 1 heterocycles. The topological polar surface area (TPSA) is 68.2 Å². The maximum Gasteiger partial charge on any atom is 0.224 e. The number of carbonyl (C=O) groups excluding carboxylic acids is 1. The summed E-state index contributed by atoms with van der Waals surface area (Å²) in [6, 6.07) is 1.95. The molecule has 1 aromatic heterocycles. The summed E-state index contributed by atoms with van der Waals surface area (Å²) >= 11 is 0. The van der Waals surface area contributed by atoms with Crippen LogP contribution in [0.5, 0.6) is 0 Å². The summed E-state index contributed by atoms with van der Waals surface area (Å²) in [5, 5.41) is 9.88. The van der Waals surface area contributed by atoms with E-state index in [1.54, 1.807) is 0 Å². The fourth-order valence-corrected chi connectivity index (χ4v) is 2.38. The Morgan fingerprint density at radius 1 is 1.65 bits per heavy atom. The van der Waals surface area contributed by atoms with Gasteiger partial charge in [0.25, 0.3) is 0 Å². The summed E-state index contributed by atoms with van der Waals surface area (Å²) in [6.07, 6.45) is 4.39. The van der Waals surface area contributed by atoms with Crippen LogP contribution >= 0.6 is 0 Å².